The summed E-state index contributed by atoms with van der Waals surface area (Å²) in [7, 11) is 3.87. The molecule has 0 saturated carbocycles. The minimum atomic E-state index is -0.999. The molecule has 1 atom stereocenters. The summed E-state index contributed by atoms with van der Waals surface area (Å²) >= 11 is 0. The molecule has 5 rings (SSSR count). The van der Waals surface area contributed by atoms with Crippen LogP contribution in [-0.2, 0) is 4.79 Å². The van der Waals surface area contributed by atoms with Crippen molar-refractivity contribution in [2.75, 3.05) is 25.8 Å². The average Bonchev–Trinajstić information content (AvgIpc) is 3.51. The standard InChI is InChI=1S/C20H19N9O2/c1-26-11-18-21-10-14(20(30)31)12-29(18,13-26)27(2)15-5-7-16(8-6-15)28-9-3-4-17(28)19-22-24-25-23-19/h3-12H,13H2,1-2H3,(H-,22,23,24,25,30,31)/p+1. The van der Waals surface area contributed by atoms with Crippen molar-refractivity contribution in [1.29, 1.82) is 0 Å². The Morgan fingerprint density at radius 3 is 2.77 bits per heavy atom. The van der Waals surface area contributed by atoms with Gasteiger partial charge in [-0.15, -0.1) is 9.69 Å². The van der Waals surface area contributed by atoms with E-state index in [2.05, 4.69) is 25.6 Å². The van der Waals surface area contributed by atoms with E-state index in [4.69, 9.17) is 0 Å². The van der Waals surface area contributed by atoms with E-state index in [0.717, 1.165) is 22.9 Å². The molecule has 31 heavy (non-hydrogen) atoms. The average molecular weight is 418 g/mol. The maximum absolute atomic E-state index is 11.6. The zero-order chi connectivity index (χ0) is 21.6. The van der Waals surface area contributed by atoms with Gasteiger partial charge in [-0.3, -0.25) is 0 Å². The molecular formula is C20H20N9O2+. The van der Waals surface area contributed by atoms with Crippen LogP contribution in [0.2, 0.25) is 0 Å². The summed E-state index contributed by atoms with van der Waals surface area (Å²) in [6, 6.07) is 11.8. The second-order valence-electron chi connectivity index (χ2n) is 7.41. The van der Waals surface area contributed by atoms with Crippen LogP contribution in [-0.4, -0.2) is 72.7 Å². The number of rotatable bonds is 5. The molecule has 1 aromatic carbocycles. The van der Waals surface area contributed by atoms with Crippen molar-refractivity contribution >= 4 is 17.9 Å². The third-order valence-electron chi connectivity index (χ3n) is 5.48. The van der Waals surface area contributed by atoms with Gasteiger partial charge in [-0.1, -0.05) is 0 Å². The zero-order valence-electron chi connectivity index (χ0n) is 16.9. The van der Waals surface area contributed by atoms with Crippen molar-refractivity contribution in [1.82, 2.24) is 30.1 Å². The maximum atomic E-state index is 11.6. The molecule has 4 heterocycles. The fraction of sp³-hybridized carbons (Fsp3) is 0.150. The lowest BCUT2D eigenvalue weighted by Gasteiger charge is -2.39. The second-order valence-corrected chi connectivity index (χ2v) is 7.41. The number of nitrogens with one attached hydrogen (secondary N) is 1. The Morgan fingerprint density at radius 2 is 2.06 bits per heavy atom. The molecule has 1 unspecified atom stereocenters. The van der Waals surface area contributed by atoms with Crippen molar-refractivity contribution in [2.45, 2.75) is 0 Å². The highest BCUT2D eigenvalue weighted by atomic mass is 16.4. The van der Waals surface area contributed by atoms with E-state index in [1.54, 1.807) is 6.20 Å². The van der Waals surface area contributed by atoms with Gasteiger partial charge >= 0.3 is 5.97 Å². The van der Waals surface area contributed by atoms with Gasteiger partial charge in [0.15, 0.2) is 12.5 Å². The smallest absolute Gasteiger partial charge is 0.342 e. The molecule has 0 aliphatic carbocycles. The number of hydrogen-bond acceptors (Lipinski definition) is 7. The lowest BCUT2D eigenvalue weighted by molar-refractivity contribution is -0.851. The number of tetrazole rings is 1. The number of carboxylic acid groups (broad SMARTS) is 1. The van der Waals surface area contributed by atoms with Crippen molar-refractivity contribution in [3.63, 3.8) is 0 Å². The van der Waals surface area contributed by atoms with Gasteiger partial charge in [0.25, 0.3) is 5.82 Å². The molecule has 11 nitrogen and oxygen atoms in total. The Labute approximate surface area is 177 Å². The van der Waals surface area contributed by atoms with Crippen molar-refractivity contribution < 1.29 is 14.5 Å². The van der Waals surface area contributed by atoms with Crippen LogP contribution in [0.5, 0.6) is 0 Å². The zero-order valence-corrected chi connectivity index (χ0v) is 16.9. The number of hydrogen-bond donors (Lipinski definition) is 2. The van der Waals surface area contributed by atoms with Gasteiger partial charge in [0.1, 0.15) is 11.8 Å². The summed E-state index contributed by atoms with van der Waals surface area (Å²) in [6.45, 7) is 0.544. The number of aromatic nitrogens is 5. The van der Waals surface area contributed by atoms with Crippen LogP contribution in [0.15, 0.2) is 71.4 Å². The predicted octanol–water partition coefficient (Wildman–Crippen LogP) is 1.58. The molecule has 3 aromatic rings. The van der Waals surface area contributed by atoms with Crippen LogP contribution in [0.1, 0.15) is 0 Å². The number of anilines is 1. The van der Waals surface area contributed by atoms with Crippen LogP contribution in [0.3, 0.4) is 0 Å². The third-order valence-corrected chi connectivity index (χ3v) is 5.48. The number of aliphatic carboxylic acids is 1. The van der Waals surface area contributed by atoms with Gasteiger partial charge in [0.05, 0.1) is 30.8 Å². The first-order valence-electron chi connectivity index (χ1n) is 9.55. The second kappa shape index (κ2) is 6.92. The summed E-state index contributed by atoms with van der Waals surface area (Å²) < 4.78 is 2.16. The van der Waals surface area contributed by atoms with Crippen LogP contribution in [0.25, 0.3) is 17.2 Å². The summed E-state index contributed by atoms with van der Waals surface area (Å²) in [5.74, 6) is 0.335. The molecule has 2 aromatic heterocycles. The Bertz CT molecular complexity index is 1220. The van der Waals surface area contributed by atoms with Crippen LogP contribution >= 0.6 is 0 Å². The van der Waals surface area contributed by atoms with Crippen LogP contribution in [0, 0.1) is 0 Å². The van der Waals surface area contributed by atoms with Crippen LogP contribution < -0.4 is 5.01 Å². The monoisotopic (exact) mass is 418 g/mol. The normalized spacial score (nSPS) is 19.7. The van der Waals surface area contributed by atoms with E-state index in [0.29, 0.717) is 12.5 Å². The summed E-state index contributed by atoms with van der Waals surface area (Å²) in [6.07, 6.45) is 6.98. The molecule has 2 aliphatic heterocycles. The Kier molecular flexibility index (Phi) is 4.19. The first-order chi connectivity index (χ1) is 15.0. The molecule has 11 heteroatoms. The lowest BCUT2D eigenvalue weighted by atomic mass is 10.2. The van der Waals surface area contributed by atoms with Crippen molar-refractivity contribution in [2.24, 2.45) is 4.99 Å². The van der Waals surface area contributed by atoms with Crippen LogP contribution in [0.4, 0.5) is 5.69 Å². The number of quaternary nitrogens is 1. The lowest BCUT2D eigenvalue weighted by Crippen LogP contribution is -2.55. The number of fused-ring (bicyclic) bond motifs is 1. The molecule has 0 radical (unpaired) electrons. The van der Waals surface area contributed by atoms with Gasteiger partial charge in [0, 0.05) is 18.9 Å². The topological polar surface area (TPSA) is 116 Å². The minimum absolute atomic E-state index is 0.161. The van der Waals surface area contributed by atoms with Crippen molar-refractivity contribution in [3.05, 3.63) is 66.4 Å². The van der Waals surface area contributed by atoms with E-state index in [-0.39, 0.29) is 10.2 Å². The number of H-pyrrole nitrogens is 1. The number of nitrogens with zero attached hydrogens (tertiary/aromatic N) is 8. The molecule has 0 saturated heterocycles. The molecule has 2 aliphatic rings. The molecule has 0 spiro atoms. The van der Waals surface area contributed by atoms with Gasteiger partial charge in [-0.25, -0.2) is 14.9 Å². The van der Waals surface area contributed by atoms with E-state index in [1.165, 1.54) is 6.21 Å². The summed E-state index contributed by atoms with van der Waals surface area (Å²) in [5.41, 5.74) is 2.87. The summed E-state index contributed by atoms with van der Waals surface area (Å²) in [5, 5.41) is 25.6. The number of benzene rings is 1. The van der Waals surface area contributed by atoms with Gasteiger partial charge in [-0.05, 0) is 46.8 Å². The van der Waals surface area contributed by atoms with E-state index >= 15 is 0 Å². The molecule has 2 N–H and O–H groups in total. The minimum Gasteiger partial charge on any atom is -0.477 e. The number of aromatic amines is 1. The SMILES string of the molecule is CN1C=C2N=CC(C(=O)O)=C[N+]2(N(C)c2ccc(-n3cccc3-c3nnn[nH]3)cc2)C1. The first-order valence-corrected chi connectivity index (χ1v) is 9.55. The van der Waals surface area contributed by atoms with Crippen molar-refractivity contribution in [3.8, 4) is 17.2 Å². The largest absolute Gasteiger partial charge is 0.477 e. The molecular weight excluding hydrogens is 398 g/mol. The van der Waals surface area contributed by atoms with E-state index in [1.807, 2.05) is 77.4 Å². The molecule has 0 amide bonds. The fourth-order valence-electron chi connectivity index (χ4n) is 3.94. The number of carboxylic acids is 1. The number of aliphatic imine (C=N–C) groups is 1. The van der Waals surface area contributed by atoms with Gasteiger partial charge in [-0.2, -0.15) is 4.99 Å². The molecule has 156 valence electrons. The Morgan fingerprint density at radius 1 is 1.26 bits per heavy atom. The fourth-order valence-corrected chi connectivity index (χ4v) is 3.94. The highest BCUT2D eigenvalue weighted by Crippen LogP contribution is 2.36. The quantitative estimate of drug-likeness (QED) is 0.605. The number of carbonyl (C=O) groups is 1. The highest BCUT2D eigenvalue weighted by molar-refractivity contribution is 6.08. The molecule has 0 fully saturated rings. The molecule has 0 bridgehead atoms. The van der Waals surface area contributed by atoms with Gasteiger partial charge in [0.2, 0.25) is 0 Å². The highest BCUT2D eigenvalue weighted by Gasteiger charge is 2.45. The Hall–Kier alpha value is -4.25. The predicted molar refractivity (Wildman–Crippen MR) is 113 cm³/mol. The first kappa shape index (κ1) is 18.8. The van der Waals surface area contributed by atoms with E-state index < -0.39 is 5.97 Å². The summed E-state index contributed by atoms with van der Waals surface area (Å²) in [4.78, 5) is 18.0. The Balaban J connectivity index is 1.49. The van der Waals surface area contributed by atoms with E-state index in [9.17, 15) is 9.90 Å². The third kappa shape index (κ3) is 2.99. The maximum Gasteiger partial charge on any atom is 0.342 e. The van der Waals surface area contributed by atoms with Gasteiger partial charge < -0.3 is 14.6 Å².